The molecule has 3 aliphatic rings. The second kappa shape index (κ2) is 13.5. The van der Waals surface area contributed by atoms with Gasteiger partial charge in [-0.2, -0.15) is 10.5 Å². The number of aryl methyl sites for hydroxylation is 1. The van der Waals surface area contributed by atoms with Crippen molar-refractivity contribution in [3.8, 4) is 34.0 Å². The number of para-hydroxylation sites is 2. The lowest BCUT2D eigenvalue weighted by Gasteiger charge is -2.21. The van der Waals surface area contributed by atoms with Crippen LogP contribution in [0.4, 0.5) is 5.69 Å². The molecule has 0 amide bonds. The molecule has 3 aliphatic heterocycles. The summed E-state index contributed by atoms with van der Waals surface area (Å²) in [5.41, 5.74) is 10.8. The number of rotatable bonds is 7. The van der Waals surface area contributed by atoms with Crippen LogP contribution < -0.4 is 33.4 Å². The third-order valence-corrected chi connectivity index (χ3v) is 11.1. The molecule has 0 fully saturated rings. The van der Waals surface area contributed by atoms with Gasteiger partial charge in [0.25, 0.3) is 0 Å². The van der Waals surface area contributed by atoms with Gasteiger partial charge in [0.15, 0.2) is 11.6 Å². The lowest BCUT2D eigenvalue weighted by molar-refractivity contribution is -0.662. The van der Waals surface area contributed by atoms with E-state index >= 15 is 0 Å². The number of aromatic nitrogens is 2. The molecule has 0 saturated carbocycles. The Morgan fingerprint density at radius 3 is 2.22 bits per heavy atom. The topological polar surface area (TPSA) is 67.6 Å². The highest BCUT2D eigenvalue weighted by Crippen LogP contribution is 2.50. The third-order valence-electron chi connectivity index (χ3n) is 8.81. The molecule has 3 aromatic carbocycles. The molecule has 3 heterocycles. The lowest BCUT2D eigenvalue weighted by Crippen LogP contribution is -3.00. The fourth-order valence-electron chi connectivity index (χ4n) is 6.55. The number of anilines is 1. The van der Waals surface area contributed by atoms with Crippen molar-refractivity contribution in [2.45, 2.75) is 71.7 Å². The Hall–Kier alpha value is -3.44. The number of nitrogens with zero attached hydrogens (tertiary/aromatic N) is 5. The average Bonchev–Trinajstić information content (AvgIpc) is 3.56. The second-order valence-electron chi connectivity index (χ2n) is 11.4. The summed E-state index contributed by atoms with van der Waals surface area (Å²) in [5, 5.41) is 20.9. The van der Waals surface area contributed by atoms with Gasteiger partial charge in [0.05, 0.1) is 39.7 Å². The number of hydrogen-bond acceptors (Lipinski definition) is 6. The van der Waals surface area contributed by atoms with Gasteiger partial charge < -0.3 is 28.9 Å². The fourth-order valence-corrected chi connectivity index (χ4v) is 8.88. The van der Waals surface area contributed by atoms with Crippen LogP contribution in [0.25, 0.3) is 38.1 Å². The van der Waals surface area contributed by atoms with Crippen molar-refractivity contribution in [1.29, 1.82) is 10.5 Å². The first-order valence-corrected chi connectivity index (χ1v) is 16.9. The Morgan fingerprint density at radius 2 is 1.56 bits per heavy atom. The van der Waals surface area contributed by atoms with Crippen LogP contribution >= 0.6 is 23.1 Å². The highest BCUT2D eigenvalue weighted by Gasteiger charge is 2.36. The molecule has 0 saturated heterocycles. The largest absolute Gasteiger partial charge is 1.00 e. The average molecular weight is 742 g/mol. The first-order chi connectivity index (χ1) is 21.3. The summed E-state index contributed by atoms with van der Waals surface area (Å²) in [6, 6.07) is 21.7. The summed E-state index contributed by atoms with van der Waals surface area (Å²) in [6.45, 7) is 14.6. The molecular weight excluding hydrogens is 705 g/mol. The number of hydrogen-bond donors (Lipinski definition) is 0. The summed E-state index contributed by atoms with van der Waals surface area (Å²) in [5.74, 6) is 0.206. The molecule has 0 atom stereocenters. The van der Waals surface area contributed by atoms with Gasteiger partial charge >= 0.3 is 5.82 Å². The number of fused-ring (bicyclic) bond motifs is 3. The van der Waals surface area contributed by atoms with Crippen LogP contribution in [0.3, 0.4) is 0 Å². The minimum absolute atomic E-state index is 0. The normalized spacial score (nSPS) is 13.4. The van der Waals surface area contributed by atoms with E-state index in [1.807, 2.05) is 11.8 Å². The maximum atomic E-state index is 9.83. The van der Waals surface area contributed by atoms with Crippen molar-refractivity contribution in [1.82, 2.24) is 4.98 Å². The van der Waals surface area contributed by atoms with E-state index in [2.05, 4.69) is 118 Å². The number of thioether (sulfide) groups is 1. The number of nitriles is 2. The quantitative estimate of drug-likeness (QED) is 0.142. The second-order valence-corrected chi connectivity index (χ2v) is 13.5. The Morgan fingerprint density at radius 1 is 0.889 bits per heavy atom. The molecule has 0 spiro atoms. The Labute approximate surface area is 291 Å². The van der Waals surface area contributed by atoms with Crippen LogP contribution in [0.5, 0.6) is 0 Å². The van der Waals surface area contributed by atoms with E-state index in [9.17, 15) is 10.5 Å². The summed E-state index contributed by atoms with van der Waals surface area (Å²) < 4.78 is 3.61. The first kappa shape index (κ1) is 32.9. The van der Waals surface area contributed by atoms with Gasteiger partial charge in [-0.3, -0.25) is 0 Å². The molecule has 0 aliphatic carbocycles. The lowest BCUT2D eigenvalue weighted by atomic mass is 9.81. The van der Waals surface area contributed by atoms with Crippen molar-refractivity contribution in [2.75, 3.05) is 11.4 Å². The van der Waals surface area contributed by atoms with Gasteiger partial charge in [0.2, 0.25) is 0 Å². The van der Waals surface area contributed by atoms with E-state index in [1.165, 1.54) is 30.7 Å². The molecule has 5 nitrogen and oxygen atoms in total. The van der Waals surface area contributed by atoms with Crippen LogP contribution in [0.2, 0.25) is 0 Å². The van der Waals surface area contributed by atoms with E-state index in [0.29, 0.717) is 0 Å². The summed E-state index contributed by atoms with van der Waals surface area (Å²) >= 11 is 3.61. The molecule has 228 valence electrons. The summed E-state index contributed by atoms with van der Waals surface area (Å²) in [7, 11) is 0. The zero-order valence-corrected chi connectivity index (χ0v) is 30.3. The van der Waals surface area contributed by atoms with Gasteiger partial charge in [0, 0.05) is 17.5 Å². The van der Waals surface area contributed by atoms with E-state index in [-0.39, 0.29) is 24.0 Å². The molecule has 3 aromatic rings. The number of halogens is 1. The van der Waals surface area contributed by atoms with E-state index in [0.717, 1.165) is 76.4 Å². The molecule has 0 N–H and O–H groups in total. The van der Waals surface area contributed by atoms with Crippen molar-refractivity contribution in [2.24, 2.45) is 0 Å². The predicted molar refractivity (Wildman–Crippen MR) is 183 cm³/mol. The van der Waals surface area contributed by atoms with Gasteiger partial charge in [-0.1, -0.05) is 49.9 Å². The smallest absolute Gasteiger partial charge is 0.342 e. The van der Waals surface area contributed by atoms with Crippen molar-refractivity contribution in [3.05, 3.63) is 87.1 Å². The van der Waals surface area contributed by atoms with Crippen LogP contribution in [-0.2, 0) is 6.54 Å². The van der Waals surface area contributed by atoms with Gasteiger partial charge in [-0.25, -0.2) is 4.57 Å². The highest BCUT2D eigenvalue weighted by molar-refractivity contribution is 8.03. The zero-order chi connectivity index (χ0) is 31.1. The van der Waals surface area contributed by atoms with Crippen LogP contribution in [0, 0.1) is 50.4 Å². The van der Waals surface area contributed by atoms with Gasteiger partial charge in [-0.15, -0.1) is 11.3 Å². The fraction of sp³-hybridized carbons (Fsp3) is 0.297. The van der Waals surface area contributed by atoms with Gasteiger partial charge in [0.1, 0.15) is 10.4 Å². The molecule has 8 heteroatoms. The summed E-state index contributed by atoms with van der Waals surface area (Å²) in [4.78, 5) is 10.3. The third kappa shape index (κ3) is 5.52. The van der Waals surface area contributed by atoms with Gasteiger partial charge in [-0.05, 0) is 103 Å². The minimum Gasteiger partial charge on any atom is -1.00 e. The number of benzene rings is 3. The van der Waals surface area contributed by atoms with Crippen molar-refractivity contribution < 1.29 is 28.5 Å². The van der Waals surface area contributed by atoms with Crippen LogP contribution in [0.1, 0.15) is 66.1 Å². The van der Waals surface area contributed by atoms with Crippen LogP contribution in [-0.4, -0.2) is 11.5 Å². The van der Waals surface area contributed by atoms with Crippen molar-refractivity contribution >= 4 is 45.1 Å². The molecular formula is C37H36IN5S2. The SMILES string of the molecule is CCCN1/C(=C/c2nc3[n+](CCC)c4ccccc4sc-3c2-c2c(C)c(C)c(C(C#N)C#N)c(C)c2C)Sc2ccccc21.[I-]. The summed E-state index contributed by atoms with van der Waals surface area (Å²) in [6.07, 6.45) is 4.33. The Kier molecular flexibility index (Phi) is 9.88. The Bertz CT molecular complexity index is 1970. The highest BCUT2D eigenvalue weighted by atomic mass is 127. The molecule has 45 heavy (non-hydrogen) atoms. The van der Waals surface area contributed by atoms with E-state index in [1.54, 1.807) is 11.3 Å². The molecule has 0 radical (unpaired) electrons. The monoisotopic (exact) mass is 741 g/mol. The standard InChI is InChI=1S/C37H36N5S2.HI/c1-7-17-41-28-13-9-11-15-30(28)43-32(41)19-27-35(34-24(5)22(3)33(23(4)25(34)6)26(20-38)21-39)36-37(40-27)42(18-8-2)29-14-10-12-16-31(29)44-36;/h9-16,19,26H,7-8,17-18H2,1-6H3;1H/q+1;/p-1. The minimum atomic E-state index is -0.799. The molecule has 0 bridgehead atoms. The zero-order valence-electron chi connectivity index (χ0n) is 26.5. The van der Waals surface area contributed by atoms with E-state index in [4.69, 9.17) is 4.98 Å². The first-order valence-electron chi connectivity index (χ1n) is 15.3. The van der Waals surface area contributed by atoms with E-state index < -0.39 is 5.92 Å². The Balaban J connectivity index is 0.00000400. The maximum Gasteiger partial charge on any atom is 0.342 e. The molecule has 0 unspecified atom stereocenters. The predicted octanol–water partition coefficient (Wildman–Crippen LogP) is 6.45. The molecule has 0 aromatic heterocycles. The maximum absolute atomic E-state index is 9.83. The van der Waals surface area contributed by atoms with Crippen molar-refractivity contribution in [3.63, 3.8) is 0 Å². The molecule has 6 rings (SSSR count). The van der Waals surface area contributed by atoms with Crippen LogP contribution in [0.15, 0.2) is 58.5 Å².